The molecule has 0 aliphatic rings. The summed E-state index contributed by atoms with van der Waals surface area (Å²) >= 11 is 6.15. The van der Waals surface area contributed by atoms with Crippen LogP contribution in [0.4, 0.5) is 0 Å². The minimum absolute atomic E-state index is 0.0191. The topological polar surface area (TPSA) is 50.4 Å². The summed E-state index contributed by atoms with van der Waals surface area (Å²) in [7, 11) is 0. The van der Waals surface area contributed by atoms with Crippen LogP contribution in [0.25, 0.3) is 0 Å². The van der Waals surface area contributed by atoms with Crippen LogP contribution in [0.5, 0.6) is 5.75 Å². The van der Waals surface area contributed by atoms with Crippen LogP contribution in [0, 0.1) is 5.92 Å². The molecule has 4 nitrogen and oxygen atoms in total. The zero-order chi connectivity index (χ0) is 15.0. The van der Waals surface area contributed by atoms with Gasteiger partial charge in [0.2, 0.25) is 0 Å². The first kappa shape index (κ1) is 16.8. The molecule has 0 heterocycles. The van der Waals surface area contributed by atoms with Crippen LogP contribution >= 0.6 is 11.6 Å². The molecular formula is C15H23ClN2O2. The molecule has 0 atom stereocenters. The molecule has 0 aromatic heterocycles. The second-order valence-corrected chi connectivity index (χ2v) is 5.40. The quantitative estimate of drug-likeness (QED) is 0.775. The van der Waals surface area contributed by atoms with Crippen LogP contribution in [-0.2, 0) is 11.3 Å². The van der Waals surface area contributed by atoms with E-state index in [0.717, 1.165) is 12.1 Å². The fourth-order valence-electron chi connectivity index (χ4n) is 1.74. The van der Waals surface area contributed by atoms with Crippen molar-refractivity contribution in [1.82, 2.24) is 10.6 Å². The van der Waals surface area contributed by atoms with Crippen molar-refractivity contribution < 1.29 is 9.53 Å². The van der Waals surface area contributed by atoms with E-state index in [1.54, 1.807) is 6.07 Å². The molecule has 1 aromatic carbocycles. The smallest absolute Gasteiger partial charge is 0.257 e. The Morgan fingerprint density at radius 1 is 1.40 bits per heavy atom. The molecule has 0 radical (unpaired) electrons. The van der Waals surface area contributed by atoms with Gasteiger partial charge >= 0.3 is 0 Å². The van der Waals surface area contributed by atoms with E-state index in [0.29, 0.717) is 29.8 Å². The Balaban J connectivity index is 2.65. The molecule has 1 amide bonds. The molecule has 5 heteroatoms. The van der Waals surface area contributed by atoms with E-state index in [1.807, 2.05) is 19.1 Å². The normalized spacial score (nSPS) is 10.7. The van der Waals surface area contributed by atoms with E-state index in [1.165, 1.54) is 0 Å². The summed E-state index contributed by atoms with van der Waals surface area (Å²) in [6.07, 6.45) is 0. The van der Waals surface area contributed by atoms with Crippen molar-refractivity contribution in [3.8, 4) is 5.75 Å². The largest absolute Gasteiger partial charge is 0.482 e. The molecule has 0 spiro atoms. The molecule has 0 saturated heterocycles. The van der Waals surface area contributed by atoms with Gasteiger partial charge in [-0.25, -0.2) is 0 Å². The first-order valence-electron chi connectivity index (χ1n) is 6.92. The van der Waals surface area contributed by atoms with E-state index in [-0.39, 0.29) is 12.5 Å². The first-order chi connectivity index (χ1) is 9.54. The zero-order valence-corrected chi connectivity index (χ0v) is 13.1. The number of carbonyl (C=O) groups excluding carboxylic acids is 1. The molecular weight excluding hydrogens is 276 g/mol. The molecule has 112 valence electrons. The predicted molar refractivity (Wildman–Crippen MR) is 82.2 cm³/mol. The standard InChI is InChI=1S/C15H23ClN2O2/c1-4-18-14(19)10-20-15-12(6-5-7-13(15)16)9-17-8-11(2)3/h5-7,11,17H,4,8-10H2,1-3H3,(H,18,19). The van der Waals surface area contributed by atoms with E-state index < -0.39 is 0 Å². The summed E-state index contributed by atoms with van der Waals surface area (Å²) < 4.78 is 5.56. The van der Waals surface area contributed by atoms with E-state index in [9.17, 15) is 4.79 Å². The van der Waals surface area contributed by atoms with Crippen LogP contribution in [-0.4, -0.2) is 25.6 Å². The fraction of sp³-hybridized carbons (Fsp3) is 0.533. The Hall–Kier alpha value is -1.26. The highest BCUT2D eigenvalue weighted by Gasteiger charge is 2.10. The maximum atomic E-state index is 11.4. The summed E-state index contributed by atoms with van der Waals surface area (Å²) in [5.74, 6) is 1.01. The molecule has 0 fully saturated rings. The molecule has 2 N–H and O–H groups in total. The van der Waals surface area contributed by atoms with Gasteiger partial charge in [0.15, 0.2) is 6.61 Å². The zero-order valence-electron chi connectivity index (χ0n) is 12.3. The van der Waals surface area contributed by atoms with Gasteiger partial charge < -0.3 is 15.4 Å². The minimum Gasteiger partial charge on any atom is -0.482 e. The summed E-state index contributed by atoms with van der Waals surface area (Å²) in [5, 5.41) is 6.56. The van der Waals surface area contributed by atoms with Crippen LogP contribution < -0.4 is 15.4 Å². The average Bonchev–Trinajstić information content (AvgIpc) is 2.38. The molecule has 20 heavy (non-hydrogen) atoms. The lowest BCUT2D eigenvalue weighted by atomic mass is 10.2. The predicted octanol–water partition coefficient (Wildman–Crippen LogP) is 2.60. The summed E-state index contributed by atoms with van der Waals surface area (Å²) in [6.45, 7) is 8.33. The maximum absolute atomic E-state index is 11.4. The second kappa shape index (κ2) is 8.82. The van der Waals surface area contributed by atoms with Gasteiger partial charge in [-0.2, -0.15) is 0 Å². The van der Waals surface area contributed by atoms with E-state index in [4.69, 9.17) is 16.3 Å². The fourth-order valence-corrected chi connectivity index (χ4v) is 1.98. The van der Waals surface area contributed by atoms with Gasteiger partial charge in [-0.05, 0) is 25.5 Å². The van der Waals surface area contributed by atoms with Gasteiger partial charge in [0, 0.05) is 18.7 Å². The molecule has 0 aliphatic carbocycles. The number of amides is 1. The molecule has 0 aliphatic heterocycles. The van der Waals surface area contributed by atoms with Crippen molar-refractivity contribution in [3.63, 3.8) is 0 Å². The lowest BCUT2D eigenvalue weighted by Gasteiger charge is -2.14. The average molecular weight is 299 g/mol. The van der Waals surface area contributed by atoms with E-state index in [2.05, 4.69) is 24.5 Å². The highest BCUT2D eigenvalue weighted by Crippen LogP contribution is 2.28. The van der Waals surface area contributed by atoms with Gasteiger partial charge in [0.05, 0.1) is 5.02 Å². The number of para-hydroxylation sites is 1. The van der Waals surface area contributed by atoms with Crippen LogP contribution in [0.1, 0.15) is 26.3 Å². The number of hydrogen-bond donors (Lipinski definition) is 2. The number of rotatable bonds is 8. The molecule has 0 bridgehead atoms. The number of likely N-dealkylation sites (N-methyl/N-ethyl adjacent to an activating group) is 1. The highest BCUT2D eigenvalue weighted by atomic mass is 35.5. The van der Waals surface area contributed by atoms with Crippen molar-refractivity contribution >= 4 is 17.5 Å². The van der Waals surface area contributed by atoms with Gasteiger partial charge in [-0.15, -0.1) is 0 Å². The van der Waals surface area contributed by atoms with Crippen LogP contribution in [0.3, 0.4) is 0 Å². The lowest BCUT2D eigenvalue weighted by Crippen LogP contribution is -2.28. The van der Waals surface area contributed by atoms with Crippen molar-refractivity contribution in [3.05, 3.63) is 28.8 Å². The Bertz CT molecular complexity index is 436. The summed E-state index contributed by atoms with van der Waals surface area (Å²) in [6, 6.07) is 5.60. The van der Waals surface area contributed by atoms with E-state index >= 15 is 0 Å². The van der Waals surface area contributed by atoms with Gasteiger partial charge in [0.1, 0.15) is 5.75 Å². The number of halogens is 1. The third-order valence-electron chi connectivity index (χ3n) is 2.64. The Kier molecular flexibility index (Phi) is 7.41. The van der Waals surface area contributed by atoms with Crippen molar-refractivity contribution in [2.24, 2.45) is 5.92 Å². The third kappa shape index (κ3) is 5.80. The Morgan fingerprint density at radius 2 is 2.15 bits per heavy atom. The highest BCUT2D eigenvalue weighted by molar-refractivity contribution is 6.32. The number of nitrogens with one attached hydrogen (secondary N) is 2. The van der Waals surface area contributed by atoms with Gasteiger partial charge in [-0.1, -0.05) is 37.6 Å². The molecule has 1 aromatic rings. The Labute approximate surface area is 125 Å². The van der Waals surface area contributed by atoms with Gasteiger partial charge in [0.25, 0.3) is 5.91 Å². The molecule has 1 rings (SSSR count). The lowest BCUT2D eigenvalue weighted by molar-refractivity contribution is -0.122. The monoisotopic (exact) mass is 298 g/mol. The minimum atomic E-state index is -0.145. The Morgan fingerprint density at radius 3 is 2.80 bits per heavy atom. The first-order valence-corrected chi connectivity index (χ1v) is 7.30. The summed E-state index contributed by atoms with van der Waals surface area (Å²) in [5.41, 5.74) is 0.961. The number of carbonyl (C=O) groups is 1. The van der Waals surface area contributed by atoms with Crippen molar-refractivity contribution in [2.45, 2.75) is 27.3 Å². The molecule has 0 saturated carbocycles. The van der Waals surface area contributed by atoms with Crippen LogP contribution in [0.2, 0.25) is 5.02 Å². The third-order valence-corrected chi connectivity index (χ3v) is 2.94. The van der Waals surface area contributed by atoms with Crippen molar-refractivity contribution in [1.29, 1.82) is 0 Å². The number of benzene rings is 1. The number of hydrogen-bond acceptors (Lipinski definition) is 3. The SMILES string of the molecule is CCNC(=O)COc1c(Cl)cccc1CNCC(C)C. The molecule has 0 unspecified atom stereocenters. The number of ether oxygens (including phenoxy) is 1. The second-order valence-electron chi connectivity index (χ2n) is 5.00. The van der Waals surface area contributed by atoms with Gasteiger partial charge in [-0.3, -0.25) is 4.79 Å². The van der Waals surface area contributed by atoms with Crippen LogP contribution in [0.15, 0.2) is 18.2 Å². The maximum Gasteiger partial charge on any atom is 0.257 e. The summed E-state index contributed by atoms with van der Waals surface area (Å²) in [4.78, 5) is 11.4. The van der Waals surface area contributed by atoms with Crippen molar-refractivity contribution in [2.75, 3.05) is 19.7 Å².